The fourth-order valence-electron chi connectivity index (χ4n) is 2.60. The fourth-order valence-corrected chi connectivity index (χ4v) is 3.16. The number of aryl methyl sites for hydroxylation is 1. The van der Waals surface area contributed by atoms with Gasteiger partial charge in [-0.3, -0.25) is 4.99 Å². The van der Waals surface area contributed by atoms with E-state index in [1.54, 1.807) is 24.4 Å². The summed E-state index contributed by atoms with van der Waals surface area (Å²) >= 11 is 3.54. The van der Waals surface area contributed by atoms with E-state index in [9.17, 15) is 4.79 Å². The zero-order valence-electron chi connectivity index (χ0n) is 14.1. The second-order valence-electron chi connectivity index (χ2n) is 5.65. The number of rotatable bonds is 4. The Morgan fingerprint density at radius 2 is 2.08 bits per heavy atom. The number of hydrogen-bond donors (Lipinski definition) is 0. The minimum Gasteiger partial charge on any atom is -0.465 e. The van der Waals surface area contributed by atoms with Gasteiger partial charge in [0.1, 0.15) is 5.76 Å². The number of carbonyl (C=O) groups excluding carboxylic acids is 1. The Morgan fingerprint density at radius 3 is 2.76 bits per heavy atom. The Balaban J connectivity index is 1.77. The predicted octanol–water partition coefficient (Wildman–Crippen LogP) is 3.72. The first kappa shape index (κ1) is 17.7. The molecule has 0 saturated carbocycles. The van der Waals surface area contributed by atoms with Crippen LogP contribution in [-0.4, -0.2) is 45.6 Å². The van der Waals surface area contributed by atoms with Crippen molar-refractivity contribution in [3.05, 3.63) is 45.6 Å². The normalized spacial score (nSPS) is 14.9. The van der Waals surface area contributed by atoms with Crippen LogP contribution in [0.15, 0.2) is 38.1 Å². The van der Waals surface area contributed by atoms with Crippen LogP contribution in [-0.2, 0) is 9.47 Å². The van der Waals surface area contributed by atoms with Crippen molar-refractivity contribution in [2.45, 2.75) is 6.92 Å². The van der Waals surface area contributed by atoms with Gasteiger partial charge < -0.3 is 18.8 Å². The van der Waals surface area contributed by atoms with E-state index in [1.165, 1.54) is 7.11 Å². The number of ether oxygens (including phenoxy) is 2. The van der Waals surface area contributed by atoms with E-state index in [0.717, 1.165) is 34.7 Å². The molecule has 0 atom stereocenters. The molecule has 1 aliphatic rings. The molecule has 0 spiro atoms. The number of methoxy groups -OCH3 is 1. The van der Waals surface area contributed by atoms with Crippen LogP contribution in [0.3, 0.4) is 0 Å². The molecule has 0 bridgehead atoms. The second-order valence-corrected chi connectivity index (χ2v) is 6.51. The van der Waals surface area contributed by atoms with Crippen molar-refractivity contribution >= 4 is 39.7 Å². The maximum absolute atomic E-state index is 11.6. The predicted molar refractivity (Wildman–Crippen MR) is 99.2 cm³/mol. The standard InChI is InChI=1S/C18H19BrN2O4/c1-12-9-13(18(22)23-2)3-4-16(12)20-11-14-10-15(19)17(25-14)21-5-7-24-8-6-21/h3-4,9-11H,5-8H2,1-2H3. The van der Waals surface area contributed by atoms with Crippen LogP contribution >= 0.6 is 15.9 Å². The fraction of sp³-hybridized carbons (Fsp3) is 0.333. The molecule has 2 aromatic rings. The lowest BCUT2D eigenvalue weighted by molar-refractivity contribution is 0.0600. The smallest absolute Gasteiger partial charge is 0.337 e. The van der Waals surface area contributed by atoms with Crippen LogP contribution in [0.2, 0.25) is 0 Å². The quantitative estimate of drug-likeness (QED) is 0.571. The molecule has 0 N–H and O–H groups in total. The van der Waals surface area contributed by atoms with E-state index in [4.69, 9.17) is 13.9 Å². The number of anilines is 1. The van der Waals surface area contributed by atoms with Crippen molar-refractivity contribution < 1.29 is 18.7 Å². The average Bonchev–Trinajstić information content (AvgIpc) is 3.01. The van der Waals surface area contributed by atoms with Gasteiger partial charge in [0.25, 0.3) is 0 Å². The number of furan rings is 1. The third-order valence-corrected chi connectivity index (χ3v) is 4.50. The van der Waals surface area contributed by atoms with Crippen LogP contribution in [0, 0.1) is 6.92 Å². The minimum atomic E-state index is -0.358. The van der Waals surface area contributed by atoms with Gasteiger partial charge in [0.2, 0.25) is 5.88 Å². The Bertz CT molecular complexity index is 794. The first-order valence-corrected chi connectivity index (χ1v) is 8.73. The maximum atomic E-state index is 11.6. The van der Waals surface area contributed by atoms with E-state index >= 15 is 0 Å². The van der Waals surface area contributed by atoms with Crippen molar-refractivity contribution in [3.8, 4) is 0 Å². The van der Waals surface area contributed by atoms with Gasteiger partial charge in [-0.2, -0.15) is 0 Å². The Morgan fingerprint density at radius 1 is 1.32 bits per heavy atom. The van der Waals surface area contributed by atoms with Gasteiger partial charge in [0.15, 0.2) is 0 Å². The molecule has 3 rings (SSSR count). The van der Waals surface area contributed by atoms with E-state index in [-0.39, 0.29) is 5.97 Å². The molecule has 7 heteroatoms. The van der Waals surface area contributed by atoms with Gasteiger partial charge in [-0.1, -0.05) is 0 Å². The molecule has 6 nitrogen and oxygen atoms in total. The zero-order chi connectivity index (χ0) is 17.8. The van der Waals surface area contributed by atoms with Gasteiger partial charge in [-0.25, -0.2) is 4.79 Å². The van der Waals surface area contributed by atoms with Gasteiger partial charge in [0, 0.05) is 19.2 Å². The number of carbonyl (C=O) groups is 1. The first-order chi connectivity index (χ1) is 12.1. The molecule has 25 heavy (non-hydrogen) atoms. The molecule has 1 saturated heterocycles. The molecule has 2 heterocycles. The van der Waals surface area contributed by atoms with Crippen molar-refractivity contribution in [2.24, 2.45) is 4.99 Å². The third kappa shape index (κ3) is 4.11. The summed E-state index contributed by atoms with van der Waals surface area (Å²) in [6, 6.07) is 7.14. The van der Waals surface area contributed by atoms with Crippen LogP contribution in [0.25, 0.3) is 0 Å². The number of morpholine rings is 1. The summed E-state index contributed by atoms with van der Waals surface area (Å²) in [6.45, 7) is 4.90. The average molecular weight is 407 g/mol. The summed E-state index contributed by atoms with van der Waals surface area (Å²) < 4.78 is 16.9. The lowest BCUT2D eigenvalue weighted by atomic mass is 10.1. The number of halogens is 1. The number of esters is 1. The summed E-state index contributed by atoms with van der Waals surface area (Å²) in [5.41, 5.74) is 2.17. The van der Waals surface area contributed by atoms with E-state index < -0.39 is 0 Å². The van der Waals surface area contributed by atoms with E-state index in [1.807, 2.05) is 13.0 Å². The van der Waals surface area contributed by atoms with Crippen LogP contribution in [0.1, 0.15) is 21.7 Å². The molecule has 0 amide bonds. The Kier molecular flexibility index (Phi) is 5.55. The summed E-state index contributed by atoms with van der Waals surface area (Å²) in [5.74, 6) is 1.09. The Hall–Kier alpha value is -2.12. The molecule has 1 aliphatic heterocycles. The molecule has 1 aromatic heterocycles. The molecular weight excluding hydrogens is 388 g/mol. The van der Waals surface area contributed by atoms with Crippen LogP contribution in [0.5, 0.6) is 0 Å². The summed E-state index contributed by atoms with van der Waals surface area (Å²) in [6.07, 6.45) is 1.68. The van der Waals surface area contributed by atoms with Gasteiger partial charge in [-0.15, -0.1) is 0 Å². The summed E-state index contributed by atoms with van der Waals surface area (Å²) in [4.78, 5) is 18.2. The highest BCUT2D eigenvalue weighted by Gasteiger charge is 2.18. The SMILES string of the molecule is COC(=O)c1ccc(N=Cc2cc(Br)c(N3CCOCC3)o2)c(C)c1. The molecule has 0 unspecified atom stereocenters. The maximum Gasteiger partial charge on any atom is 0.337 e. The van der Waals surface area contributed by atoms with E-state index in [2.05, 4.69) is 25.8 Å². The Labute approximate surface area is 154 Å². The first-order valence-electron chi connectivity index (χ1n) is 7.93. The van der Waals surface area contributed by atoms with Gasteiger partial charge in [-0.05, 0) is 46.6 Å². The molecule has 1 aromatic carbocycles. The zero-order valence-corrected chi connectivity index (χ0v) is 15.7. The van der Waals surface area contributed by atoms with Crippen LogP contribution in [0.4, 0.5) is 11.6 Å². The molecule has 0 aliphatic carbocycles. The minimum absolute atomic E-state index is 0.358. The highest BCUT2D eigenvalue weighted by atomic mass is 79.9. The number of aliphatic imine (C=N–C) groups is 1. The lowest BCUT2D eigenvalue weighted by Gasteiger charge is -2.26. The highest BCUT2D eigenvalue weighted by Crippen LogP contribution is 2.30. The van der Waals surface area contributed by atoms with Crippen molar-refractivity contribution in [3.63, 3.8) is 0 Å². The van der Waals surface area contributed by atoms with E-state index in [0.29, 0.717) is 24.5 Å². The summed E-state index contributed by atoms with van der Waals surface area (Å²) in [5, 5.41) is 0. The number of hydrogen-bond acceptors (Lipinski definition) is 6. The largest absolute Gasteiger partial charge is 0.465 e. The molecular formula is C18H19BrN2O4. The van der Waals surface area contributed by atoms with Crippen LogP contribution < -0.4 is 4.90 Å². The third-order valence-electron chi connectivity index (χ3n) is 3.93. The second kappa shape index (κ2) is 7.84. The number of benzene rings is 1. The molecule has 0 radical (unpaired) electrons. The van der Waals surface area contributed by atoms with Crippen molar-refractivity contribution in [2.75, 3.05) is 38.3 Å². The molecule has 132 valence electrons. The van der Waals surface area contributed by atoms with Crippen molar-refractivity contribution in [1.82, 2.24) is 0 Å². The molecule has 1 fully saturated rings. The summed E-state index contributed by atoms with van der Waals surface area (Å²) in [7, 11) is 1.37. The monoisotopic (exact) mass is 406 g/mol. The lowest BCUT2D eigenvalue weighted by Crippen LogP contribution is -2.36. The van der Waals surface area contributed by atoms with Gasteiger partial charge in [0.05, 0.1) is 42.3 Å². The van der Waals surface area contributed by atoms with Crippen molar-refractivity contribution in [1.29, 1.82) is 0 Å². The highest BCUT2D eigenvalue weighted by molar-refractivity contribution is 9.10. The number of nitrogens with zero attached hydrogens (tertiary/aromatic N) is 2. The van der Waals surface area contributed by atoms with Gasteiger partial charge >= 0.3 is 5.97 Å². The topological polar surface area (TPSA) is 64.3 Å².